The van der Waals surface area contributed by atoms with Crippen LogP contribution in [0.15, 0.2) is 5.38 Å². The lowest BCUT2D eigenvalue weighted by molar-refractivity contribution is 0.0698. The van der Waals surface area contributed by atoms with Gasteiger partial charge in [0, 0.05) is 10.8 Å². The average Bonchev–Trinajstić information content (AvgIpc) is 2.55. The molecule has 2 aromatic heterocycles. The van der Waals surface area contributed by atoms with E-state index in [1.54, 1.807) is 0 Å². The van der Waals surface area contributed by atoms with Crippen LogP contribution in [0.1, 0.15) is 9.67 Å². The molecule has 0 bridgehead atoms. The van der Waals surface area contributed by atoms with Crippen molar-refractivity contribution in [2.24, 2.45) is 0 Å². The van der Waals surface area contributed by atoms with Crippen molar-refractivity contribution in [1.29, 1.82) is 0 Å². The monoisotopic (exact) mass is 220 g/mol. The van der Waals surface area contributed by atoms with Gasteiger partial charge in [-0.05, 0) is 0 Å². The normalized spacial score (nSPS) is 10.9. The molecule has 13 heavy (non-hydrogen) atoms. The Morgan fingerprint density at radius 1 is 1.46 bits per heavy atom. The first-order valence-corrected chi connectivity index (χ1v) is 4.89. The van der Waals surface area contributed by atoms with E-state index in [1.807, 2.05) is 0 Å². The summed E-state index contributed by atoms with van der Waals surface area (Å²) in [6.45, 7) is 0. The van der Waals surface area contributed by atoms with Gasteiger partial charge in [0.2, 0.25) is 0 Å². The number of fused-ring (bicyclic) bond motifs is 1. The number of aromatic carboxylic acids is 1. The predicted molar refractivity (Wildman–Crippen MR) is 46.6 cm³/mol. The smallest absolute Gasteiger partial charge is 0.348 e. The van der Waals surface area contributed by atoms with Gasteiger partial charge in [0.15, 0.2) is 10.9 Å². The molecular weight excluding hydrogens is 218 g/mol. The van der Waals surface area contributed by atoms with Crippen molar-refractivity contribution < 1.29 is 18.7 Å². The summed E-state index contributed by atoms with van der Waals surface area (Å²) in [6, 6.07) is 0. The van der Waals surface area contributed by atoms with E-state index in [1.165, 1.54) is 5.38 Å². The van der Waals surface area contributed by atoms with Crippen molar-refractivity contribution in [3.05, 3.63) is 21.2 Å². The fourth-order valence-corrected chi connectivity index (χ4v) is 2.81. The number of thiophene rings is 2. The predicted octanol–water partition coefficient (Wildman–Crippen LogP) is 2.94. The van der Waals surface area contributed by atoms with E-state index < -0.39 is 21.8 Å². The summed E-state index contributed by atoms with van der Waals surface area (Å²) in [4.78, 5) is 10.0. The number of carboxylic acid groups (broad SMARTS) is 1. The second kappa shape index (κ2) is 2.74. The molecule has 6 heteroatoms. The molecule has 0 atom stereocenters. The largest absolute Gasteiger partial charge is 0.477 e. The molecule has 0 saturated carbocycles. The molecule has 0 aromatic carbocycles. The Morgan fingerprint density at radius 2 is 2.15 bits per heavy atom. The molecule has 0 aliphatic heterocycles. The van der Waals surface area contributed by atoms with E-state index in [4.69, 9.17) is 5.11 Å². The number of halogens is 2. The number of carboxylic acids is 1. The van der Waals surface area contributed by atoms with Gasteiger partial charge in [-0.15, -0.1) is 22.7 Å². The van der Waals surface area contributed by atoms with Crippen molar-refractivity contribution in [1.82, 2.24) is 0 Å². The maximum Gasteiger partial charge on any atom is 0.348 e. The summed E-state index contributed by atoms with van der Waals surface area (Å²) >= 11 is 1.40. The summed E-state index contributed by atoms with van der Waals surface area (Å²) in [6.07, 6.45) is 0. The highest BCUT2D eigenvalue weighted by Crippen LogP contribution is 2.35. The molecule has 0 aliphatic carbocycles. The van der Waals surface area contributed by atoms with E-state index >= 15 is 0 Å². The van der Waals surface area contributed by atoms with Crippen LogP contribution in [-0.2, 0) is 0 Å². The number of hydrogen-bond donors (Lipinski definition) is 1. The van der Waals surface area contributed by atoms with E-state index in [0.717, 1.165) is 11.3 Å². The van der Waals surface area contributed by atoms with E-state index in [-0.39, 0.29) is 10.1 Å². The van der Waals surface area contributed by atoms with Crippen LogP contribution >= 0.6 is 22.7 Å². The molecule has 68 valence electrons. The lowest BCUT2D eigenvalue weighted by Crippen LogP contribution is -1.94. The highest BCUT2D eigenvalue weighted by atomic mass is 32.1. The molecule has 2 nitrogen and oxygen atoms in total. The van der Waals surface area contributed by atoms with Crippen LogP contribution in [0.5, 0.6) is 0 Å². The van der Waals surface area contributed by atoms with Gasteiger partial charge >= 0.3 is 5.97 Å². The Bertz CT molecular complexity index is 486. The van der Waals surface area contributed by atoms with Crippen LogP contribution in [0.3, 0.4) is 0 Å². The lowest BCUT2D eigenvalue weighted by Gasteiger charge is -1.84. The van der Waals surface area contributed by atoms with E-state index in [0.29, 0.717) is 11.3 Å². The summed E-state index contributed by atoms with van der Waals surface area (Å²) < 4.78 is 26.1. The fourth-order valence-electron chi connectivity index (χ4n) is 0.977. The fraction of sp³-hybridized carbons (Fsp3) is 0. The molecule has 0 amide bonds. The zero-order chi connectivity index (χ0) is 9.59. The zero-order valence-electron chi connectivity index (χ0n) is 6.01. The Balaban J connectivity index is 2.81. The first kappa shape index (κ1) is 8.58. The average molecular weight is 220 g/mol. The number of rotatable bonds is 1. The second-order valence-corrected chi connectivity index (χ2v) is 4.15. The third-order valence-corrected chi connectivity index (χ3v) is 3.59. The Kier molecular flexibility index (Phi) is 1.81. The van der Waals surface area contributed by atoms with Crippen molar-refractivity contribution in [2.45, 2.75) is 0 Å². The minimum Gasteiger partial charge on any atom is -0.477 e. The van der Waals surface area contributed by atoms with Crippen molar-refractivity contribution in [3.8, 4) is 0 Å². The van der Waals surface area contributed by atoms with Gasteiger partial charge in [0.1, 0.15) is 4.88 Å². The Morgan fingerprint density at radius 3 is 2.69 bits per heavy atom. The molecule has 2 heterocycles. The maximum atomic E-state index is 13.2. The lowest BCUT2D eigenvalue weighted by atomic mass is 10.3. The van der Waals surface area contributed by atoms with Gasteiger partial charge in [-0.1, -0.05) is 0 Å². The molecule has 0 spiro atoms. The van der Waals surface area contributed by atoms with Crippen LogP contribution in [-0.4, -0.2) is 11.1 Å². The molecule has 0 fully saturated rings. The van der Waals surface area contributed by atoms with Crippen molar-refractivity contribution in [2.75, 3.05) is 0 Å². The van der Waals surface area contributed by atoms with Crippen LogP contribution in [0.4, 0.5) is 8.78 Å². The van der Waals surface area contributed by atoms with Gasteiger partial charge in [0.25, 0.3) is 0 Å². The quantitative estimate of drug-likeness (QED) is 0.802. The molecule has 2 rings (SSSR count). The highest BCUT2D eigenvalue weighted by Gasteiger charge is 2.20. The third kappa shape index (κ3) is 1.13. The zero-order valence-corrected chi connectivity index (χ0v) is 7.64. The second-order valence-electron chi connectivity index (χ2n) is 2.30. The van der Waals surface area contributed by atoms with Crippen molar-refractivity contribution >= 4 is 38.7 Å². The molecule has 0 unspecified atom stereocenters. The van der Waals surface area contributed by atoms with Gasteiger partial charge in [-0.3, -0.25) is 0 Å². The van der Waals surface area contributed by atoms with Gasteiger partial charge < -0.3 is 5.11 Å². The van der Waals surface area contributed by atoms with Crippen molar-refractivity contribution in [3.63, 3.8) is 0 Å². The van der Waals surface area contributed by atoms with Gasteiger partial charge in [-0.2, -0.15) is 4.39 Å². The Hall–Kier alpha value is -1.01. The van der Waals surface area contributed by atoms with E-state index in [9.17, 15) is 13.6 Å². The summed E-state index contributed by atoms with van der Waals surface area (Å²) in [5, 5.41) is 9.33. The SMILES string of the molecule is O=C(O)c1sc2c(F)scc2c1F. The molecule has 0 aliphatic rings. The van der Waals surface area contributed by atoms with Crippen LogP contribution in [0, 0.1) is 10.9 Å². The van der Waals surface area contributed by atoms with E-state index in [2.05, 4.69) is 0 Å². The minimum atomic E-state index is -1.36. The molecule has 0 radical (unpaired) electrons. The molecule has 1 N–H and O–H groups in total. The molecule has 2 aromatic rings. The van der Waals surface area contributed by atoms with Gasteiger partial charge in [0.05, 0.1) is 4.70 Å². The van der Waals surface area contributed by atoms with Crippen LogP contribution in [0.25, 0.3) is 10.1 Å². The Labute approximate surface area is 79.0 Å². The summed E-state index contributed by atoms with van der Waals surface area (Å²) in [7, 11) is 0. The topological polar surface area (TPSA) is 37.3 Å². The highest BCUT2D eigenvalue weighted by molar-refractivity contribution is 7.24. The third-order valence-electron chi connectivity index (χ3n) is 1.54. The molecule has 0 saturated heterocycles. The standard InChI is InChI=1S/C7H2F2O2S2/c8-3-2-1-12-6(9)4(2)13-5(3)7(10)11/h1H,(H,10,11). The summed E-state index contributed by atoms with van der Waals surface area (Å²) in [5.41, 5.74) is 0. The minimum absolute atomic E-state index is 0.0601. The van der Waals surface area contributed by atoms with Crippen LogP contribution < -0.4 is 0 Å². The van der Waals surface area contributed by atoms with Gasteiger partial charge in [-0.25, -0.2) is 9.18 Å². The molecular formula is C7H2F2O2S2. The first-order valence-electron chi connectivity index (χ1n) is 3.19. The summed E-state index contributed by atoms with van der Waals surface area (Å²) in [5.74, 6) is -2.20. The first-order chi connectivity index (χ1) is 6.11. The van der Waals surface area contributed by atoms with Crippen LogP contribution in [0.2, 0.25) is 0 Å². The number of carbonyl (C=O) groups is 1. The maximum absolute atomic E-state index is 13.2. The number of hydrogen-bond acceptors (Lipinski definition) is 3.